The van der Waals surface area contributed by atoms with Crippen molar-refractivity contribution in [1.82, 2.24) is 4.90 Å². The minimum Gasteiger partial charge on any atom is -0.481 e. The van der Waals surface area contributed by atoms with Gasteiger partial charge in [0.05, 0.1) is 13.0 Å². The summed E-state index contributed by atoms with van der Waals surface area (Å²) in [6.07, 6.45) is 0.0462. The van der Waals surface area contributed by atoms with Crippen LogP contribution in [0.25, 0.3) is 0 Å². The zero-order chi connectivity index (χ0) is 15.8. The summed E-state index contributed by atoms with van der Waals surface area (Å²) in [7, 11) is 0. The number of nitrogens with zero attached hydrogens (tertiary/aromatic N) is 1. The topological polar surface area (TPSA) is 69.6 Å². The van der Waals surface area contributed by atoms with Gasteiger partial charge in [0.25, 0.3) is 0 Å². The van der Waals surface area contributed by atoms with Gasteiger partial charge in [-0.05, 0) is 25.0 Å². The molecule has 1 amide bonds. The first-order valence-corrected chi connectivity index (χ1v) is 7.17. The van der Waals surface area contributed by atoms with E-state index < -0.39 is 5.97 Å². The number of amides is 1. The highest BCUT2D eigenvalue weighted by Gasteiger charge is 2.13. The van der Waals surface area contributed by atoms with E-state index in [1.54, 1.807) is 0 Å². The predicted octanol–water partition coefficient (Wildman–Crippen LogP) is 2.37. The largest absolute Gasteiger partial charge is 0.481 e. The Morgan fingerprint density at radius 3 is 2.38 bits per heavy atom. The first-order valence-electron chi connectivity index (χ1n) is 7.17. The number of carboxylic acid groups (broad SMARTS) is 1. The number of carboxylic acids is 1. The van der Waals surface area contributed by atoms with Crippen LogP contribution >= 0.6 is 0 Å². The van der Waals surface area contributed by atoms with Crippen molar-refractivity contribution in [2.75, 3.05) is 25.0 Å². The van der Waals surface area contributed by atoms with E-state index in [1.165, 1.54) is 0 Å². The average molecular weight is 292 g/mol. The summed E-state index contributed by atoms with van der Waals surface area (Å²) in [5.74, 6) is -0.585. The van der Waals surface area contributed by atoms with Crippen LogP contribution in [-0.2, 0) is 9.59 Å². The Balaban J connectivity index is 2.53. The zero-order valence-electron chi connectivity index (χ0n) is 12.9. The van der Waals surface area contributed by atoms with Crippen molar-refractivity contribution < 1.29 is 14.7 Å². The van der Waals surface area contributed by atoms with Crippen molar-refractivity contribution in [2.45, 2.75) is 27.2 Å². The van der Waals surface area contributed by atoms with Crippen molar-refractivity contribution >= 4 is 17.6 Å². The summed E-state index contributed by atoms with van der Waals surface area (Å²) in [5.41, 5.74) is 1.89. The molecule has 0 saturated carbocycles. The Morgan fingerprint density at radius 1 is 1.24 bits per heavy atom. The maximum Gasteiger partial charge on any atom is 0.304 e. The Labute approximate surface area is 126 Å². The molecular weight excluding hydrogens is 268 g/mol. The Morgan fingerprint density at radius 2 is 1.86 bits per heavy atom. The standard InChI is InChI=1S/C16H24N2O3/c1-12(2)10-18(9-8-16(20)21)11-15(19)17-14-6-4-13(3)5-7-14/h4-7,12H,8-11H2,1-3H3,(H,17,19)(H,20,21). The number of rotatable bonds is 8. The molecule has 116 valence electrons. The first kappa shape index (κ1) is 17.2. The summed E-state index contributed by atoms with van der Waals surface area (Å²) in [6.45, 7) is 7.38. The molecule has 0 spiro atoms. The van der Waals surface area contributed by atoms with E-state index in [1.807, 2.05) is 49.9 Å². The van der Waals surface area contributed by atoms with Crippen molar-refractivity contribution in [1.29, 1.82) is 0 Å². The highest BCUT2D eigenvalue weighted by atomic mass is 16.4. The number of aryl methyl sites for hydroxylation is 1. The van der Waals surface area contributed by atoms with E-state index in [4.69, 9.17) is 5.11 Å². The summed E-state index contributed by atoms with van der Waals surface area (Å²) in [6, 6.07) is 7.59. The van der Waals surface area contributed by atoms with E-state index in [0.717, 1.165) is 11.3 Å². The van der Waals surface area contributed by atoms with Gasteiger partial charge in [0.2, 0.25) is 5.91 Å². The van der Waals surface area contributed by atoms with E-state index in [2.05, 4.69) is 5.32 Å². The Hall–Kier alpha value is -1.88. The van der Waals surface area contributed by atoms with Gasteiger partial charge in [0.1, 0.15) is 0 Å². The summed E-state index contributed by atoms with van der Waals surface area (Å²) < 4.78 is 0. The molecule has 2 N–H and O–H groups in total. The fourth-order valence-electron chi connectivity index (χ4n) is 2.05. The van der Waals surface area contributed by atoms with Crippen LogP contribution in [0, 0.1) is 12.8 Å². The number of hydrogen-bond acceptors (Lipinski definition) is 3. The lowest BCUT2D eigenvalue weighted by Crippen LogP contribution is -2.37. The van der Waals surface area contributed by atoms with Gasteiger partial charge in [-0.1, -0.05) is 31.5 Å². The summed E-state index contributed by atoms with van der Waals surface area (Å²) >= 11 is 0. The van der Waals surface area contributed by atoms with Crippen molar-refractivity contribution in [2.24, 2.45) is 5.92 Å². The molecule has 0 fully saturated rings. The third kappa shape index (κ3) is 7.46. The number of carbonyl (C=O) groups is 2. The predicted molar refractivity (Wildman–Crippen MR) is 83.3 cm³/mol. The van der Waals surface area contributed by atoms with Gasteiger partial charge in [-0.25, -0.2) is 0 Å². The molecular formula is C16H24N2O3. The fourth-order valence-corrected chi connectivity index (χ4v) is 2.05. The third-order valence-corrected chi connectivity index (χ3v) is 2.97. The maximum atomic E-state index is 12.0. The SMILES string of the molecule is Cc1ccc(NC(=O)CN(CCC(=O)O)CC(C)C)cc1. The van der Waals surface area contributed by atoms with Gasteiger partial charge < -0.3 is 10.4 Å². The Bertz CT molecular complexity index is 469. The van der Waals surface area contributed by atoms with Crippen LogP contribution in [0.15, 0.2) is 24.3 Å². The Kier molecular flexibility index (Phi) is 6.88. The molecule has 0 atom stereocenters. The second-order valence-corrected chi connectivity index (χ2v) is 5.69. The van der Waals surface area contributed by atoms with Gasteiger partial charge >= 0.3 is 5.97 Å². The molecule has 1 rings (SSSR count). The molecule has 0 unspecified atom stereocenters. The van der Waals surface area contributed by atoms with Crippen LogP contribution in [-0.4, -0.2) is 41.5 Å². The monoisotopic (exact) mass is 292 g/mol. The van der Waals surface area contributed by atoms with E-state index in [9.17, 15) is 9.59 Å². The molecule has 21 heavy (non-hydrogen) atoms. The number of aliphatic carboxylic acids is 1. The summed E-state index contributed by atoms with van der Waals surface area (Å²) in [4.78, 5) is 24.6. The molecule has 0 heterocycles. The average Bonchev–Trinajstić information content (AvgIpc) is 2.38. The minimum absolute atomic E-state index is 0.0462. The van der Waals surface area contributed by atoms with Gasteiger partial charge in [0, 0.05) is 18.8 Å². The van der Waals surface area contributed by atoms with Crippen LogP contribution in [0.1, 0.15) is 25.8 Å². The molecule has 5 nitrogen and oxygen atoms in total. The molecule has 1 aromatic carbocycles. The smallest absolute Gasteiger partial charge is 0.304 e. The lowest BCUT2D eigenvalue weighted by molar-refractivity contribution is -0.137. The molecule has 0 aliphatic heterocycles. The van der Waals surface area contributed by atoms with Crippen molar-refractivity contribution in [3.05, 3.63) is 29.8 Å². The van der Waals surface area contributed by atoms with E-state index in [-0.39, 0.29) is 18.9 Å². The second kappa shape index (κ2) is 8.42. The first-order chi connectivity index (χ1) is 9.86. The number of hydrogen-bond donors (Lipinski definition) is 2. The molecule has 1 aromatic rings. The number of benzene rings is 1. The van der Waals surface area contributed by atoms with Crippen LogP contribution in [0.3, 0.4) is 0 Å². The van der Waals surface area contributed by atoms with Crippen LogP contribution in [0.5, 0.6) is 0 Å². The van der Waals surface area contributed by atoms with Gasteiger partial charge in [-0.15, -0.1) is 0 Å². The zero-order valence-corrected chi connectivity index (χ0v) is 12.9. The minimum atomic E-state index is -0.845. The van der Waals surface area contributed by atoms with Crippen LogP contribution in [0.2, 0.25) is 0 Å². The van der Waals surface area contributed by atoms with E-state index >= 15 is 0 Å². The van der Waals surface area contributed by atoms with E-state index in [0.29, 0.717) is 19.0 Å². The lowest BCUT2D eigenvalue weighted by atomic mass is 10.2. The fraction of sp³-hybridized carbons (Fsp3) is 0.500. The van der Waals surface area contributed by atoms with Crippen molar-refractivity contribution in [3.8, 4) is 0 Å². The third-order valence-electron chi connectivity index (χ3n) is 2.97. The molecule has 0 radical (unpaired) electrons. The van der Waals surface area contributed by atoms with Gasteiger partial charge in [-0.3, -0.25) is 14.5 Å². The highest BCUT2D eigenvalue weighted by molar-refractivity contribution is 5.92. The van der Waals surface area contributed by atoms with Crippen LogP contribution in [0.4, 0.5) is 5.69 Å². The number of carbonyl (C=O) groups excluding carboxylic acids is 1. The van der Waals surface area contributed by atoms with Crippen molar-refractivity contribution in [3.63, 3.8) is 0 Å². The maximum absolute atomic E-state index is 12.0. The molecule has 0 aliphatic rings. The van der Waals surface area contributed by atoms with Gasteiger partial charge in [-0.2, -0.15) is 0 Å². The lowest BCUT2D eigenvalue weighted by Gasteiger charge is -2.22. The number of anilines is 1. The second-order valence-electron chi connectivity index (χ2n) is 5.69. The quantitative estimate of drug-likeness (QED) is 0.771. The molecule has 0 aromatic heterocycles. The summed E-state index contributed by atoms with van der Waals surface area (Å²) in [5, 5.41) is 11.6. The molecule has 0 saturated heterocycles. The van der Waals surface area contributed by atoms with Gasteiger partial charge in [0.15, 0.2) is 0 Å². The number of nitrogens with one attached hydrogen (secondary N) is 1. The molecule has 0 bridgehead atoms. The normalized spacial score (nSPS) is 10.9. The highest BCUT2D eigenvalue weighted by Crippen LogP contribution is 2.09. The van der Waals surface area contributed by atoms with Crippen LogP contribution < -0.4 is 5.32 Å². The molecule has 0 aliphatic carbocycles. The molecule has 5 heteroatoms.